The summed E-state index contributed by atoms with van der Waals surface area (Å²) in [7, 11) is -3.42. The van der Waals surface area contributed by atoms with Crippen LogP contribution in [0.5, 0.6) is 0 Å². The van der Waals surface area contributed by atoms with E-state index in [1.807, 2.05) is 0 Å². The third kappa shape index (κ3) is 4.92. The largest absolute Gasteiger partial charge is 0.392 e. The lowest BCUT2D eigenvalue weighted by atomic mass is 10.2. The second kappa shape index (κ2) is 6.79. The first-order valence-corrected chi connectivity index (χ1v) is 8.09. The molecule has 1 aromatic carbocycles. The van der Waals surface area contributed by atoms with Crippen LogP contribution in [0.25, 0.3) is 0 Å². The van der Waals surface area contributed by atoms with Gasteiger partial charge < -0.3 is 9.63 Å². The van der Waals surface area contributed by atoms with E-state index in [0.717, 1.165) is 5.56 Å². The normalized spacial score (nSPS) is 11.7. The highest BCUT2D eigenvalue weighted by atomic mass is 32.2. The van der Waals surface area contributed by atoms with Gasteiger partial charge in [0.1, 0.15) is 0 Å². The maximum absolute atomic E-state index is 11.9. The molecule has 0 aliphatic rings. The molecule has 2 aromatic rings. The first kappa shape index (κ1) is 15.6. The molecular formula is C13H17N3O4S. The minimum atomic E-state index is -3.42. The van der Waals surface area contributed by atoms with Gasteiger partial charge in [-0.1, -0.05) is 29.4 Å². The van der Waals surface area contributed by atoms with Crippen LogP contribution in [0, 0.1) is 6.92 Å². The third-order valence-corrected chi connectivity index (χ3v) is 4.15. The van der Waals surface area contributed by atoms with Crippen LogP contribution in [0.2, 0.25) is 0 Å². The average Bonchev–Trinajstić information content (AvgIpc) is 2.84. The summed E-state index contributed by atoms with van der Waals surface area (Å²) in [5.41, 5.74) is 1.41. The van der Waals surface area contributed by atoms with Crippen molar-refractivity contribution in [3.63, 3.8) is 0 Å². The Kier molecular flexibility index (Phi) is 5.05. The van der Waals surface area contributed by atoms with Crippen molar-refractivity contribution in [1.82, 2.24) is 14.9 Å². The Morgan fingerprint density at radius 3 is 2.48 bits per heavy atom. The summed E-state index contributed by atoms with van der Waals surface area (Å²) >= 11 is 0. The lowest BCUT2D eigenvalue weighted by Gasteiger charge is -2.06. The topological polar surface area (TPSA) is 105 Å². The van der Waals surface area contributed by atoms with Crippen LogP contribution in [-0.2, 0) is 28.8 Å². The highest BCUT2D eigenvalue weighted by molar-refractivity contribution is 7.88. The van der Waals surface area contributed by atoms with Crippen molar-refractivity contribution < 1.29 is 18.0 Å². The number of aryl methyl sites for hydroxylation is 1. The Bertz CT molecular complexity index is 680. The summed E-state index contributed by atoms with van der Waals surface area (Å²) in [6.07, 6.45) is 0.351. The average molecular weight is 311 g/mol. The monoisotopic (exact) mass is 311 g/mol. The zero-order valence-corrected chi connectivity index (χ0v) is 12.4. The number of aromatic nitrogens is 2. The van der Waals surface area contributed by atoms with Crippen LogP contribution < -0.4 is 4.72 Å². The van der Waals surface area contributed by atoms with E-state index in [4.69, 9.17) is 9.63 Å². The molecular weight excluding hydrogens is 294 g/mol. The van der Waals surface area contributed by atoms with Gasteiger partial charge in [-0.2, -0.15) is 4.98 Å². The Balaban J connectivity index is 1.86. The predicted molar refractivity (Wildman–Crippen MR) is 75.7 cm³/mol. The fourth-order valence-corrected chi connectivity index (χ4v) is 2.91. The van der Waals surface area contributed by atoms with Gasteiger partial charge in [0.2, 0.25) is 15.9 Å². The molecule has 0 saturated heterocycles. The van der Waals surface area contributed by atoms with Crippen molar-refractivity contribution >= 4 is 10.0 Å². The Hall–Kier alpha value is -1.77. The van der Waals surface area contributed by atoms with E-state index in [1.54, 1.807) is 31.2 Å². The second-order valence-electron chi connectivity index (χ2n) is 4.61. The minimum absolute atomic E-state index is 0.0606. The lowest BCUT2D eigenvalue weighted by molar-refractivity contribution is 0.282. The molecule has 0 saturated carbocycles. The SMILES string of the molecule is Cc1noc(CCNS(=O)(=O)Cc2ccc(CO)cc2)n1. The number of benzene rings is 1. The fourth-order valence-electron chi connectivity index (χ4n) is 1.77. The molecule has 2 rings (SSSR count). The Labute approximate surface area is 123 Å². The molecule has 7 nitrogen and oxygen atoms in total. The van der Waals surface area contributed by atoms with E-state index in [0.29, 0.717) is 23.7 Å². The second-order valence-corrected chi connectivity index (χ2v) is 6.42. The summed E-state index contributed by atoms with van der Waals surface area (Å²) in [6.45, 7) is 1.85. The minimum Gasteiger partial charge on any atom is -0.392 e. The maximum Gasteiger partial charge on any atom is 0.227 e. The van der Waals surface area contributed by atoms with Gasteiger partial charge in [0.25, 0.3) is 0 Å². The number of aliphatic hydroxyl groups is 1. The molecule has 0 atom stereocenters. The van der Waals surface area contributed by atoms with Crippen molar-refractivity contribution in [2.24, 2.45) is 0 Å². The summed E-state index contributed by atoms with van der Waals surface area (Å²) in [5.74, 6) is 0.820. The maximum atomic E-state index is 11.9. The quantitative estimate of drug-likeness (QED) is 0.773. The number of nitrogens with zero attached hydrogens (tertiary/aromatic N) is 2. The fraction of sp³-hybridized carbons (Fsp3) is 0.385. The van der Waals surface area contributed by atoms with Gasteiger partial charge in [0.05, 0.1) is 12.4 Å². The van der Waals surface area contributed by atoms with Gasteiger partial charge >= 0.3 is 0 Å². The zero-order valence-electron chi connectivity index (χ0n) is 11.6. The molecule has 8 heteroatoms. The highest BCUT2D eigenvalue weighted by Crippen LogP contribution is 2.08. The number of nitrogens with one attached hydrogen (secondary N) is 1. The molecule has 0 radical (unpaired) electrons. The van der Waals surface area contributed by atoms with Gasteiger partial charge in [-0.3, -0.25) is 0 Å². The van der Waals surface area contributed by atoms with Gasteiger partial charge in [0, 0.05) is 13.0 Å². The first-order valence-electron chi connectivity index (χ1n) is 6.44. The number of aliphatic hydroxyl groups excluding tert-OH is 1. The van der Waals surface area contributed by atoms with Gasteiger partial charge in [-0.05, 0) is 18.1 Å². The molecule has 0 unspecified atom stereocenters. The summed E-state index contributed by atoms with van der Waals surface area (Å²) in [6, 6.07) is 6.77. The summed E-state index contributed by atoms with van der Waals surface area (Å²) < 4.78 is 31.2. The van der Waals surface area contributed by atoms with Crippen molar-refractivity contribution in [1.29, 1.82) is 0 Å². The Morgan fingerprint density at radius 2 is 1.90 bits per heavy atom. The van der Waals surface area contributed by atoms with E-state index < -0.39 is 10.0 Å². The van der Waals surface area contributed by atoms with E-state index in [1.165, 1.54) is 0 Å². The molecule has 0 amide bonds. The lowest BCUT2D eigenvalue weighted by Crippen LogP contribution is -2.27. The molecule has 21 heavy (non-hydrogen) atoms. The zero-order chi connectivity index (χ0) is 15.3. The molecule has 0 fully saturated rings. The van der Waals surface area contributed by atoms with Crippen LogP contribution in [0.15, 0.2) is 28.8 Å². The standard InChI is InChI=1S/C13H17N3O4S/c1-10-15-13(20-16-10)6-7-14-21(18,19)9-12-4-2-11(8-17)3-5-12/h2-5,14,17H,6-9H2,1H3. The Morgan fingerprint density at radius 1 is 1.24 bits per heavy atom. The molecule has 0 aliphatic heterocycles. The molecule has 1 aromatic heterocycles. The number of rotatable bonds is 7. The van der Waals surface area contributed by atoms with Crippen molar-refractivity contribution in [2.45, 2.75) is 25.7 Å². The van der Waals surface area contributed by atoms with E-state index in [9.17, 15) is 8.42 Å². The highest BCUT2D eigenvalue weighted by Gasteiger charge is 2.12. The summed E-state index contributed by atoms with van der Waals surface area (Å²) in [4.78, 5) is 4.00. The number of sulfonamides is 1. The van der Waals surface area contributed by atoms with Crippen LogP contribution in [0.3, 0.4) is 0 Å². The molecule has 0 aliphatic carbocycles. The van der Waals surface area contributed by atoms with Gasteiger partial charge in [-0.15, -0.1) is 0 Å². The molecule has 0 bridgehead atoms. The van der Waals surface area contributed by atoms with E-state index in [-0.39, 0.29) is 18.9 Å². The van der Waals surface area contributed by atoms with E-state index in [2.05, 4.69) is 14.9 Å². The van der Waals surface area contributed by atoms with Crippen LogP contribution >= 0.6 is 0 Å². The predicted octanol–water partition coefficient (Wildman–Crippen LogP) is 0.532. The van der Waals surface area contributed by atoms with Gasteiger partial charge in [-0.25, -0.2) is 13.1 Å². The number of hydrogen-bond donors (Lipinski definition) is 2. The molecule has 1 heterocycles. The number of hydrogen-bond acceptors (Lipinski definition) is 6. The third-order valence-electron chi connectivity index (χ3n) is 2.79. The van der Waals surface area contributed by atoms with Crippen LogP contribution in [0.1, 0.15) is 22.8 Å². The van der Waals surface area contributed by atoms with Crippen molar-refractivity contribution in [3.8, 4) is 0 Å². The van der Waals surface area contributed by atoms with Gasteiger partial charge in [0.15, 0.2) is 5.82 Å². The van der Waals surface area contributed by atoms with E-state index >= 15 is 0 Å². The van der Waals surface area contributed by atoms with Crippen LogP contribution in [0.4, 0.5) is 0 Å². The molecule has 114 valence electrons. The smallest absolute Gasteiger partial charge is 0.227 e. The summed E-state index contributed by atoms with van der Waals surface area (Å²) in [5, 5.41) is 12.6. The van der Waals surface area contributed by atoms with Crippen molar-refractivity contribution in [3.05, 3.63) is 47.1 Å². The molecule has 0 spiro atoms. The molecule has 2 N–H and O–H groups in total. The van der Waals surface area contributed by atoms with Crippen LogP contribution in [-0.4, -0.2) is 30.2 Å². The first-order chi connectivity index (χ1) is 9.98. The van der Waals surface area contributed by atoms with Crippen molar-refractivity contribution in [2.75, 3.05) is 6.54 Å².